The number of morpholine rings is 1. The number of nitrogens with zero attached hydrogens (tertiary/aromatic N) is 2. The highest BCUT2D eigenvalue weighted by Crippen LogP contribution is 2.37. The van der Waals surface area contributed by atoms with E-state index in [2.05, 4.69) is 44.4 Å². The average Bonchev–Trinajstić information content (AvgIpc) is 2.68. The van der Waals surface area contributed by atoms with E-state index in [0.717, 1.165) is 32.8 Å². The molecule has 118 valence electrons. The fourth-order valence-electron chi connectivity index (χ4n) is 3.76. The van der Waals surface area contributed by atoms with Gasteiger partial charge in [-0.3, -0.25) is 9.80 Å². The van der Waals surface area contributed by atoms with Crippen LogP contribution in [0.5, 0.6) is 0 Å². The first-order valence-electron chi connectivity index (χ1n) is 8.03. The predicted molar refractivity (Wildman–Crippen MR) is 80.8 cm³/mol. The van der Waals surface area contributed by atoms with Crippen LogP contribution in [0.25, 0.3) is 0 Å². The van der Waals surface area contributed by atoms with Crippen LogP contribution in [0.4, 0.5) is 4.39 Å². The molecule has 2 fully saturated rings. The van der Waals surface area contributed by atoms with Crippen molar-refractivity contribution in [2.45, 2.75) is 64.8 Å². The second-order valence-electron chi connectivity index (χ2n) is 7.62. The van der Waals surface area contributed by atoms with Crippen LogP contribution in [0.3, 0.4) is 0 Å². The summed E-state index contributed by atoms with van der Waals surface area (Å²) in [5, 5.41) is 0. The molecule has 0 aromatic rings. The Kier molecular flexibility index (Phi) is 5.09. The second-order valence-corrected chi connectivity index (χ2v) is 7.62. The minimum Gasteiger partial charge on any atom is -0.379 e. The molecule has 0 radical (unpaired) electrons. The van der Waals surface area contributed by atoms with Crippen molar-refractivity contribution in [1.82, 2.24) is 9.80 Å². The summed E-state index contributed by atoms with van der Waals surface area (Å²) in [4.78, 5) is 4.81. The van der Waals surface area contributed by atoms with Crippen molar-refractivity contribution in [3.8, 4) is 0 Å². The van der Waals surface area contributed by atoms with Crippen LogP contribution in [0.15, 0.2) is 0 Å². The van der Waals surface area contributed by atoms with Crippen LogP contribution >= 0.6 is 0 Å². The van der Waals surface area contributed by atoms with Crippen LogP contribution in [-0.4, -0.2) is 66.4 Å². The third-order valence-electron chi connectivity index (χ3n) is 4.69. The van der Waals surface area contributed by atoms with E-state index in [9.17, 15) is 4.39 Å². The Hall–Kier alpha value is -0.190. The first-order chi connectivity index (χ1) is 9.30. The number of ether oxygens (including phenoxy) is 1. The standard InChI is InChI=1S/C16H31FN2O/c1-12(2)14-10-13(17)15(19(14)16(3,4)5)11-18-6-8-20-9-7-18/h12-15H,6-11H2,1-5H3/t13-,14+,15-/m1/s1. The molecular weight excluding hydrogens is 255 g/mol. The minimum absolute atomic E-state index is 0.0206. The largest absolute Gasteiger partial charge is 0.379 e. The summed E-state index contributed by atoms with van der Waals surface area (Å²) in [6.07, 6.45) is -0.0197. The normalized spacial score (nSPS) is 34.0. The quantitative estimate of drug-likeness (QED) is 0.793. The molecule has 0 N–H and O–H groups in total. The zero-order chi connectivity index (χ0) is 14.9. The van der Waals surface area contributed by atoms with Crippen LogP contribution < -0.4 is 0 Å². The molecule has 0 amide bonds. The third-order valence-corrected chi connectivity index (χ3v) is 4.69. The molecule has 20 heavy (non-hydrogen) atoms. The van der Waals surface area contributed by atoms with Crippen molar-refractivity contribution in [1.29, 1.82) is 0 Å². The number of halogens is 1. The molecule has 2 rings (SSSR count). The first-order valence-corrected chi connectivity index (χ1v) is 8.03. The Balaban J connectivity index is 2.11. The molecule has 2 aliphatic heterocycles. The number of alkyl halides is 1. The molecule has 3 nitrogen and oxygen atoms in total. The Labute approximate surface area is 123 Å². The van der Waals surface area contributed by atoms with Gasteiger partial charge >= 0.3 is 0 Å². The minimum atomic E-state index is -0.704. The molecule has 2 aliphatic rings. The highest BCUT2D eigenvalue weighted by Gasteiger charge is 2.47. The van der Waals surface area contributed by atoms with Crippen LogP contribution in [-0.2, 0) is 4.74 Å². The Morgan fingerprint density at radius 3 is 2.30 bits per heavy atom. The average molecular weight is 286 g/mol. The maximum Gasteiger partial charge on any atom is 0.118 e. The molecule has 4 heteroatoms. The summed E-state index contributed by atoms with van der Waals surface area (Å²) in [5.74, 6) is 0.502. The molecule has 2 heterocycles. The van der Waals surface area contributed by atoms with Gasteiger partial charge in [-0.15, -0.1) is 0 Å². The van der Waals surface area contributed by atoms with E-state index in [-0.39, 0.29) is 11.6 Å². The van der Waals surface area contributed by atoms with Gasteiger partial charge < -0.3 is 4.74 Å². The van der Waals surface area contributed by atoms with E-state index in [0.29, 0.717) is 18.4 Å². The van der Waals surface area contributed by atoms with E-state index >= 15 is 0 Å². The zero-order valence-electron chi connectivity index (χ0n) is 13.7. The lowest BCUT2D eigenvalue weighted by molar-refractivity contribution is -0.00525. The Bertz CT molecular complexity index is 310. The summed E-state index contributed by atoms with van der Waals surface area (Å²) in [6, 6.07) is 0.386. The molecule has 0 aromatic carbocycles. The first kappa shape index (κ1) is 16.2. The van der Waals surface area contributed by atoms with Gasteiger partial charge in [0.2, 0.25) is 0 Å². The van der Waals surface area contributed by atoms with Gasteiger partial charge in [-0.05, 0) is 33.1 Å². The molecule has 3 atom stereocenters. The van der Waals surface area contributed by atoms with Gasteiger partial charge in [-0.25, -0.2) is 4.39 Å². The summed E-state index contributed by atoms with van der Waals surface area (Å²) in [6.45, 7) is 15.4. The SMILES string of the molecule is CC(C)[C@@H]1C[C@@H](F)[C@@H](CN2CCOCC2)N1C(C)(C)C. The van der Waals surface area contributed by atoms with Crippen molar-refractivity contribution in [3.63, 3.8) is 0 Å². The molecule has 0 aromatic heterocycles. The van der Waals surface area contributed by atoms with E-state index in [1.807, 2.05) is 0 Å². The van der Waals surface area contributed by atoms with Crippen LogP contribution in [0.1, 0.15) is 41.0 Å². The number of likely N-dealkylation sites (tertiary alicyclic amines) is 1. The van der Waals surface area contributed by atoms with E-state index in [4.69, 9.17) is 4.74 Å². The lowest BCUT2D eigenvalue weighted by Gasteiger charge is -2.44. The van der Waals surface area contributed by atoms with Gasteiger partial charge in [-0.2, -0.15) is 0 Å². The fourth-order valence-corrected chi connectivity index (χ4v) is 3.76. The van der Waals surface area contributed by atoms with Crippen molar-refractivity contribution in [3.05, 3.63) is 0 Å². The third kappa shape index (κ3) is 3.52. The predicted octanol–water partition coefficient (Wildman–Crippen LogP) is 2.55. The van der Waals surface area contributed by atoms with Crippen molar-refractivity contribution in [2.24, 2.45) is 5.92 Å². The highest BCUT2D eigenvalue weighted by atomic mass is 19.1. The highest BCUT2D eigenvalue weighted by molar-refractivity contribution is 5.01. The van der Waals surface area contributed by atoms with E-state index in [1.54, 1.807) is 0 Å². The van der Waals surface area contributed by atoms with Gasteiger partial charge in [-0.1, -0.05) is 13.8 Å². The monoisotopic (exact) mass is 286 g/mol. The maximum atomic E-state index is 14.6. The Morgan fingerprint density at radius 1 is 1.20 bits per heavy atom. The molecule has 0 aliphatic carbocycles. The second kappa shape index (κ2) is 6.29. The lowest BCUT2D eigenvalue weighted by atomic mass is 9.97. The number of hydrogen-bond donors (Lipinski definition) is 0. The smallest absolute Gasteiger partial charge is 0.118 e. The fraction of sp³-hybridized carbons (Fsp3) is 1.00. The van der Waals surface area contributed by atoms with Crippen molar-refractivity contribution in [2.75, 3.05) is 32.8 Å². The summed E-state index contributed by atoms with van der Waals surface area (Å²) in [7, 11) is 0. The van der Waals surface area contributed by atoms with Crippen molar-refractivity contribution < 1.29 is 9.13 Å². The van der Waals surface area contributed by atoms with Gasteiger partial charge in [0.05, 0.1) is 19.3 Å². The van der Waals surface area contributed by atoms with Gasteiger partial charge in [0, 0.05) is 31.2 Å². The Morgan fingerprint density at radius 2 is 1.80 bits per heavy atom. The summed E-state index contributed by atoms with van der Waals surface area (Å²) < 4.78 is 20.0. The van der Waals surface area contributed by atoms with Gasteiger partial charge in [0.25, 0.3) is 0 Å². The molecule has 0 unspecified atom stereocenters. The van der Waals surface area contributed by atoms with Crippen LogP contribution in [0.2, 0.25) is 0 Å². The summed E-state index contributed by atoms with van der Waals surface area (Å²) in [5.41, 5.74) is 0.0206. The van der Waals surface area contributed by atoms with Crippen molar-refractivity contribution >= 4 is 0 Å². The maximum absolute atomic E-state index is 14.6. The molecule has 0 bridgehead atoms. The molecule has 0 saturated carbocycles. The lowest BCUT2D eigenvalue weighted by Crippen LogP contribution is -2.56. The van der Waals surface area contributed by atoms with Crippen LogP contribution in [0, 0.1) is 5.92 Å². The van der Waals surface area contributed by atoms with E-state index < -0.39 is 6.17 Å². The van der Waals surface area contributed by atoms with Gasteiger partial charge in [0.1, 0.15) is 6.17 Å². The number of rotatable bonds is 3. The van der Waals surface area contributed by atoms with E-state index in [1.165, 1.54) is 0 Å². The summed E-state index contributed by atoms with van der Waals surface area (Å²) >= 11 is 0. The molecule has 2 saturated heterocycles. The van der Waals surface area contributed by atoms with Gasteiger partial charge in [0.15, 0.2) is 0 Å². The molecule has 0 spiro atoms. The molecular formula is C16H31FN2O. The zero-order valence-corrected chi connectivity index (χ0v) is 13.7. The topological polar surface area (TPSA) is 15.7 Å². The number of hydrogen-bond acceptors (Lipinski definition) is 3.